The molecule has 3 aromatic carbocycles. The van der Waals surface area contributed by atoms with Crippen LogP contribution < -0.4 is 9.64 Å². The number of ketones is 1. The number of anilines is 1. The molecule has 1 saturated heterocycles. The minimum absolute atomic E-state index is 0.125. The molecule has 1 unspecified atom stereocenters. The van der Waals surface area contributed by atoms with Crippen molar-refractivity contribution in [1.82, 2.24) is 0 Å². The maximum atomic E-state index is 13.3. The lowest BCUT2D eigenvalue weighted by Gasteiger charge is -2.26. The summed E-state index contributed by atoms with van der Waals surface area (Å²) in [7, 11) is 2.72. The van der Waals surface area contributed by atoms with Gasteiger partial charge in [-0.15, -0.1) is 0 Å². The fourth-order valence-electron chi connectivity index (χ4n) is 4.00. The summed E-state index contributed by atoms with van der Waals surface area (Å²) in [5.74, 6) is -2.44. The Morgan fingerprint density at radius 3 is 2.22 bits per heavy atom. The highest BCUT2D eigenvalue weighted by Crippen LogP contribution is 2.42. The summed E-state index contributed by atoms with van der Waals surface area (Å²) in [6.07, 6.45) is 0. The minimum atomic E-state index is -1.06. The topological polar surface area (TPSA) is 136 Å². The molecule has 1 atom stereocenters. The number of amides is 1. The monoisotopic (exact) mass is 488 g/mol. The number of carbonyl (C=O) groups is 3. The van der Waals surface area contributed by atoms with Gasteiger partial charge in [-0.25, -0.2) is 4.79 Å². The van der Waals surface area contributed by atoms with E-state index in [4.69, 9.17) is 9.47 Å². The molecule has 4 rings (SSSR count). The quantitative estimate of drug-likeness (QED) is 0.137. The van der Waals surface area contributed by atoms with E-state index in [1.165, 1.54) is 55.5 Å². The summed E-state index contributed by atoms with van der Waals surface area (Å²) in [5.41, 5.74) is 0.618. The first-order valence-electron chi connectivity index (χ1n) is 10.6. The van der Waals surface area contributed by atoms with Crippen molar-refractivity contribution < 1.29 is 33.9 Å². The standard InChI is InChI=1S/C26H20N2O8/c1-35-20-12-8-15(9-13-20)22-21(23(29)16-6-10-18(11-7-16)28(33)34)24(30)25(31)27(22)19-5-3-4-17(14-19)26(32)36-2/h3-14,22,29H,1-2H3/b23-21+. The van der Waals surface area contributed by atoms with E-state index in [-0.39, 0.29) is 28.1 Å². The number of ether oxygens (including phenoxy) is 2. The number of methoxy groups -OCH3 is 2. The number of hydrogen-bond acceptors (Lipinski definition) is 8. The molecular weight excluding hydrogens is 468 g/mol. The Kier molecular flexibility index (Phi) is 6.51. The summed E-state index contributed by atoms with van der Waals surface area (Å²) in [5, 5.41) is 22.1. The zero-order chi connectivity index (χ0) is 26.0. The predicted octanol–water partition coefficient (Wildman–Crippen LogP) is 4.02. The van der Waals surface area contributed by atoms with Crippen molar-refractivity contribution in [1.29, 1.82) is 0 Å². The van der Waals surface area contributed by atoms with Crippen molar-refractivity contribution in [3.8, 4) is 5.75 Å². The van der Waals surface area contributed by atoms with Gasteiger partial charge in [0.1, 0.15) is 11.5 Å². The Labute approximate surface area is 205 Å². The molecule has 1 aliphatic rings. The molecule has 10 heteroatoms. The van der Waals surface area contributed by atoms with Crippen LogP contribution in [-0.2, 0) is 14.3 Å². The van der Waals surface area contributed by atoms with Crippen LogP contribution in [-0.4, -0.2) is 41.9 Å². The zero-order valence-electron chi connectivity index (χ0n) is 19.2. The first-order valence-corrected chi connectivity index (χ1v) is 10.6. The van der Waals surface area contributed by atoms with Gasteiger partial charge < -0.3 is 14.6 Å². The van der Waals surface area contributed by atoms with Crippen molar-refractivity contribution in [3.63, 3.8) is 0 Å². The first-order chi connectivity index (χ1) is 17.3. The molecule has 1 fully saturated rings. The molecule has 0 spiro atoms. The van der Waals surface area contributed by atoms with E-state index < -0.39 is 34.4 Å². The minimum Gasteiger partial charge on any atom is -0.507 e. The van der Waals surface area contributed by atoms with Gasteiger partial charge in [-0.2, -0.15) is 0 Å². The number of aliphatic hydroxyl groups is 1. The van der Waals surface area contributed by atoms with Gasteiger partial charge in [0.2, 0.25) is 0 Å². The molecule has 0 bridgehead atoms. The summed E-state index contributed by atoms with van der Waals surface area (Å²) >= 11 is 0. The van der Waals surface area contributed by atoms with E-state index in [9.17, 15) is 29.6 Å². The van der Waals surface area contributed by atoms with Crippen molar-refractivity contribution >= 4 is 34.8 Å². The van der Waals surface area contributed by atoms with Gasteiger partial charge in [-0.3, -0.25) is 24.6 Å². The normalized spacial score (nSPS) is 16.6. The number of nitrogens with zero attached hydrogens (tertiary/aromatic N) is 2. The Balaban J connectivity index is 1.91. The summed E-state index contributed by atoms with van der Waals surface area (Å²) < 4.78 is 9.96. The number of benzene rings is 3. The number of Topliss-reactive ketones (excluding diaryl/α,β-unsaturated/α-hetero) is 1. The van der Waals surface area contributed by atoms with Gasteiger partial charge in [0.25, 0.3) is 17.4 Å². The van der Waals surface area contributed by atoms with Crippen LogP contribution in [0.3, 0.4) is 0 Å². The number of hydrogen-bond donors (Lipinski definition) is 1. The number of nitro groups is 1. The van der Waals surface area contributed by atoms with Crippen LogP contribution >= 0.6 is 0 Å². The molecule has 3 aromatic rings. The molecule has 1 aliphatic heterocycles. The molecule has 0 aromatic heterocycles. The Morgan fingerprint density at radius 1 is 0.972 bits per heavy atom. The number of rotatable bonds is 6. The predicted molar refractivity (Wildman–Crippen MR) is 129 cm³/mol. The number of non-ortho nitro benzene ring substituents is 1. The van der Waals surface area contributed by atoms with Crippen LogP contribution in [0.1, 0.15) is 27.5 Å². The maximum absolute atomic E-state index is 13.3. The number of aliphatic hydroxyl groups excluding tert-OH is 1. The molecule has 0 saturated carbocycles. The lowest BCUT2D eigenvalue weighted by atomic mass is 9.95. The van der Waals surface area contributed by atoms with Gasteiger partial charge in [-0.1, -0.05) is 18.2 Å². The fourth-order valence-corrected chi connectivity index (χ4v) is 4.00. The molecule has 1 amide bonds. The second-order valence-electron chi connectivity index (χ2n) is 7.79. The molecule has 0 aliphatic carbocycles. The lowest BCUT2D eigenvalue weighted by molar-refractivity contribution is -0.384. The van der Waals surface area contributed by atoms with Crippen LogP contribution in [0.2, 0.25) is 0 Å². The average Bonchev–Trinajstić information content (AvgIpc) is 3.18. The SMILES string of the molecule is COC(=O)c1cccc(N2C(=O)C(=O)/C(=C(/O)c3ccc([N+](=O)[O-])cc3)C2c2ccc(OC)cc2)c1. The molecular formula is C26H20N2O8. The van der Waals surface area contributed by atoms with Gasteiger partial charge in [-0.05, 0) is 48.0 Å². The maximum Gasteiger partial charge on any atom is 0.337 e. The van der Waals surface area contributed by atoms with Gasteiger partial charge in [0.15, 0.2) is 0 Å². The van der Waals surface area contributed by atoms with E-state index in [0.29, 0.717) is 11.3 Å². The first kappa shape index (κ1) is 24.1. The molecule has 182 valence electrons. The molecule has 10 nitrogen and oxygen atoms in total. The smallest absolute Gasteiger partial charge is 0.337 e. The fraction of sp³-hybridized carbons (Fsp3) is 0.115. The van der Waals surface area contributed by atoms with Crippen LogP contribution in [0.15, 0.2) is 78.4 Å². The van der Waals surface area contributed by atoms with Gasteiger partial charge in [0.05, 0.1) is 36.3 Å². The number of nitro benzene ring substituents is 1. The van der Waals surface area contributed by atoms with Crippen molar-refractivity contribution in [2.24, 2.45) is 0 Å². The van der Waals surface area contributed by atoms with E-state index in [1.807, 2.05) is 0 Å². The van der Waals surface area contributed by atoms with Gasteiger partial charge >= 0.3 is 5.97 Å². The Bertz CT molecular complexity index is 1390. The van der Waals surface area contributed by atoms with E-state index in [2.05, 4.69) is 0 Å². The van der Waals surface area contributed by atoms with Crippen LogP contribution in [0, 0.1) is 10.1 Å². The molecule has 1 heterocycles. The van der Waals surface area contributed by atoms with Crippen LogP contribution in [0.4, 0.5) is 11.4 Å². The van der Waals surface area contributed by atoms with E-state index in [0.717, 1.165) is 0 Å². The third-order valence-electron chi connectivity index (χ3n) is 5.77. The molecule has 36 heavy (non-hydrogen) atoms. The highest BCUT2D eigenvalue weighted by molar-refractivity contribution is 6.51. The Morgan fingerprint density at radius 2 is 1.64 bits per heavy atom. The summed E-state index contributed by atoms with van der Waals surface area (Å²) in [6.45, 7) is 0. The second-order valence-corrected chi connectivity index (χ2v) is 7.79. The second kappa shape index (κ2) is 9.71. The number of esters is 1. The largest absolute Gasteiger partial charge is 0.507 e. The summed E-state index contributed by atoms with van der Waals surface area (Å²) in [4.78, 5) is 50.2. The van der Waals surface area contributed by atoms with Crippen LogP contribution in [0.5, 0.6) is 5.75 Å². The van der Waals surface area contributed by atoms with Crippen molar-refractivity contribution in [3.05, 3.63) is 105 Å². The van der Waals surface area contributed by atoms with E-state index in [1.54, 1.807) is 36.4 Å². The lowest BCUT2D eigenvalue weighted by Crippen LogP contribution is -2.29. The Hall–Kier alpha value is -4.99. The third-order valence-corrected chi connectivity index (χ3v) is 5.77. The zero-order valence-corrected chi connectivity index (χ0v) is 19.2. The average molecular weight is 488 g/mol. The summed E-state index contributed by atoms with van der Waals surface area (Å²) in [6, 6.07) is 16.5. The van der Waals surface area contributed by atoms with Crippen molar-refractivity contribution in [2.45, 2.75) is 6.04 Å². The van der Waals surface area contributed by atoms with Crippen LogP contribution in [0.25, 0.3) is 5.76 Å². The molecule has 0 radical (unpaired) electrons. The highest BCUT2D eigenvalue weighted by atomic mass is 16.6. The molecule has 1 N–H and O–H groups in total. The highest BCUT2D eigenvalue weighted by Gasteiger charge is 2.47. The third kappa shape index (κ3) is 4.27. The number of carbonyl (C=O) groups excluding carboxylic acids is 3. The van der Waals surface area contributed by atoms with E-state index >= 15 is 0 Å². The van der Waals surface area contributed by atoms with Gasteiger partial charge in [0, 0.05) is 23.4 Å². The van der Waals surface area contributed by atoms with Crippen molar-refractivity contribution in [2.75, 3.05) is 19.1 Å².